The van der Waals surface area contributed by atoms with Crippen molar-refractivity contribution in [3.8, 4) is 0 Å². The monoisotopic (exact) mass is 423 g/mol. The normalized spacial score (nSPS) is 15.9. The fourth-order valence-electron chi connectivity index (χ4n) is 3.10. The summed E-state index contributed by atoms with van der Waals surface area (Å²) in [6.07, 6.45) is 8.90. The molecule has 2 aromatic heterocycles. The van der Waals surface area contributed by atoms with Crippen LogP contribution in [0.15, 0.2) is 20.9 Å². The van der Waals surface area contributed by atoms with E-state index in [1.807, 2.05) is 0 Å². The van der Waals surface area contributed by atoms with E-state index < -0.39 is 10.0 Å². The summed E-state index contributed by atoms with van der Waals surface area (Å²) in [4.78, 5) is 12.4. The number of nitrogens with one attached hydrogen (secondary N) is 2. The van der Waals surface area contributed by atoms with Crippen LogP contribution in [0.4, 0.5) is 5.69 Å². The minimum absolute atomic E-state index is 0.0294. The van der Waals surface area contributed by atoms with E-state index in [4.69, 9.17) is 4.52 Å². The molecule has 1 saturated carbocycles. The molecule has 1 aliphatic rings. The molecule has 0 radical (unpaired) electrons. The summed E-state index contributed by atoms with van der Waals surface area (Å²) in [6.45, 7) is 3.52. The van der Waals surface area contributed by atoms with Crippen LogP contribution < -0.4 is 10.0 Å². The second kappa shape index (κ2) is 9.02. The second-order valence-corrected chi connectivity index (χ2v) is 9.91. The molecule has 2 N–H and O–H groups in total. The molecule has 0 bridgehead atoms. The van der Waals surface area contributed by atoms with Crippen LogP contribution in [0, 0.1) is 6.92 Å². The van der Waals surface area contributed by atoms with Gasteiger partial charge in [0.25, 0.3) is 0 Å². The van der Waals surface area contributed by atoms with E-state index in [0.717, 1.165) is 30.6 Å². The van der Waals surface area contributed by atoms with Crippen molar-refractivity contribution in [1.82, 2.24) is 9.88 Å². The van der Waals surface area contributed by atoms with Gasteiger partial charge in [0.2, 0.25) is 15.9 Å². The zero-order chi connectivity index (χ0) is 20.1. The van der Waals surface area contributed by atoms with Gasteiger partial charge in [0.05, 0.1) is 0 Å². The van der Waals surface area contributed by atoms with Crippen LogP contribution in [0.3, 0.4) is 0 Å². The zero-order valence-electron chi connectivity index (χ0n) is 16.0. The van der Waals surface area contributed by atoms with Crippen LogP contribution in [-0.2, 0) is 14.8 Å². The summed E-state index contributed by atoms with van der Waals surface area (Å²) in [7, 11) is -3.50. The average molecular weight is 424 g/mol. The minimum Gasteiger partial charge on any atom is -0.354 e. The number of nitrogens with zero attached hydrogens (tertiary/aromatic N) is 1. The van der Waals surface area contributed by atoms with Crippen LogP contribution >= 0.6 is 11.3 Å². The lowest BCUT2D eigenvalue weighted by Gasteiger charge is -2.22. The maximum absolute atomic E-state index is 12.6. The Hall–Kier alpha value is -1.97. The first kappa shape index (κ1) is 20.8. The van der Waals surface area contributed by atoms with Gasteiger partial charge in [0.1, 0.15) is 15.6 Å². The predicted molar refractivity (Wildman–Crippen MR) is 111 cm³/mol. The van der Waals surface area contributed by atoms with Gasteiger partial charge < -0.3 is 9.84 Å². The first-order valence-corrected chi connectivity index (χ1v) is 11.8. The molecule has 3 rings (SSSR count). The Morgan fingerprint density at radius 1 is 1.29 bits per heavy atom. The van der Waals surface area contributed by atoms with Gasteiger partial charge in [-0.3, -0.25) is 4.79 Å². The quantitative estimate of drug-likeness (QED) is 0.696. The number of thiophene rings is 1. The second-order valence-electron chi connectivity index (χ2n) is 6.86. The minimum atomic E-state index is -3.50. The number of carbonyl (C=O) groups excluding carboxylic acids is 1. The van der Waals surface area contributed by atoms with Crippen LogP contribution in [0.25, 0.3) is 12.2 Å². The summed E-state index contributed by atoms with van der Waals surface area (Å²) >= 11 is 1.19. The Morgan fingerprint density at radius 2 is 2.04 bits per heavy atom. The topological polar surface area (TPSA) is 101 Å². The van der Waals surface area contributed by atoms with Crippen LogP contribution in [0.5, 0.6) is 0 Å². The summed E-state index contributed by atoms with van der Waals surface area (Å²) in [5.74, 6) is 0.302. The van der Waals surface area contributed by atoms with Crippen molar-refractivity contribution >= 4 is 45.1 Å². The number of sulfonamides is 1. The van der Waals surface area contributed by atoms with Crippen molar-refractivity contribution in [3.05, 3.63) is 28.5 Å². The van der Waals surface area contributed by atoms with Gasteiger partial charge in [-0.25, -0.2) is 13.1 Å². The van der Waals surface area contributed by atoms with Crippen molar-refractivity contribution in [2.45, 2.75) is 62.6 Å². The van der Waals surface area contributed by atoms with Crippen molar-refractivity contribution in [1.29, 1.82) is 0 Å². The molecule has 0 spiro atoms. The Kier molecular flexibility index (Phi) is 6.69. The number of aromatic nitrogens is 1. The zero-order valence-corrected chi connectivity index (χ0v) is 17.7. The van der Waals surface area contributed by atoms with Gasteiger partial charge in [0, 0.05) is 17.3 Å². The van der Waals surface area contributed by atoms with Gasteiger partial charge in [-0.2, -0.15) is 0 Å². The van der Waals surface area contributed by atoms with Crippen LogP contribution in [0.2, 0.25) is 0 Å². The summed E-state index contributed by atoms with van der Waals surface area (Å²) < 4.78 is 33.6. The molecule has 0 aliphatic heterocycles. The van der Waals surface area contributed by atoms with Gasteiger partial charge in [-0.05, 0) is 44.1 Å². The molecule has 0 unspecified atom stereocenters. The van der Waals surface area contributed by atoms with Crippen LogP contribution in [-0.4, -0.2) is 25.5 Å². The first-order valence-electron chi connectivity index (χ1n) is 9.45. The molecule has 1 fully saturated rings. The SMILES string of the molecule is CCC(=O)Nc1c(C)noc1C=Cc1ccc(S(=O)(=O)NC2CCCCC2)s1. The molecule has 0 saturated heterocycles. The smallest absolute Gasteiger partial charge is 0.250 e. The highest BCUT2D eigenvalue weighted by Crippen LogP contribution is 2.27. The Labute approximate surface area is 169 Å². The molecule has 0 atom stereocenters. The highest BCUT2D eigenvalue weighted by Gasteiger charge is 2.23. The summed E-state index contributed by atoms with van der Waals surface area (Å²) in [5.41, 5.74) is 1.12. The maximum Gasteiger partial charge on any atom is 0.250 e. The number of aryl methyl sites for hydroxylation is 1. The third-order valence-corrected chi connectivity index (χ3v) is 7.73. The highest BCUT2D eigenvalue weighted by atomic mass is 32.2. The lowest BCUT2D eigenvalue weighted by molar-refractivity contribution is -0.115. The summed E-state index contributed by atoms with van der Waals surface area (Å²) in [6, 6.07) is 3.40. The third kappa shape index (κ3) is 5.09. The first-order chi connectivity index (χ1) is 13.4. The highest BCUT2D eigenvalue weighted by molar-refractivity contribution is 7.91. The van der Waals surface area contributed by atoms with Crippen LogP contribution in [0.1, 0.15) is 61.8 Å². The van der Waals surface area contributed by atoms with E-state index in [-0.39, 0.29) is 11.9 Å². The van der Waals surface area contributed by atoms with E-state index in [9.17, 15) is 13.2 Å². The number of anilines is 1. The molecular weight excluding hydrogens is 398 g/mol. The average Bonchev–Trinajstić information content (AvgIpc) is 3.29. The molecule has 7 nitrogen and oxygen atoms in total. The van der Waals surface area contributed by atoms with E-state index in [1.54, 1.807) is 38.1 Å². The Bertz CT molecular complexity index is 954. The maximum atomic E-state index is 12.6. The standard InChI is InChI=1S/C19H25N3O4S2/c1-3-17(23)20-19-13(2)21-26-16(19)11-9-15-10-12-18(27-15)28(24,25)22-14-7-5-4-6-8-14/h9-12,14,22H,3-8H2,1-2H3,(H,20,23). The Balaban J connectivity index is 1.71. The van der Waals surface area contributed by atoms with Gasteiger partial charge in [0.15, 0.2) is 5.76 Å². The lowest BCUT2D eigenvalue weighted by atomic mass is 9.96. The van der Waals surface area contributed by atoms with E-state index in [2.05, 4.69) is 15.2 Å². The number of hydrogen-bond acceptors (Lipinski definition) is 6. The fraction of sp³-hybridized carbons (Fsp3) is 0.474. The number of carbonyl (C=O) groups is 1. The van der Waals surface area contributed by atoms with E-state index >= 15 is 0 Å². The lowest BCUT2D eigenvalue weighted by Crippen LogP contribution is -2.35. The molecule has 2 heterocycles. The third-order valence-electron chi connectivity index (χ3n) is 4.67. The molecule has 152 valence electrons. The molecule has 1 amide bonds. The van der Waals surface area contributed by atoms with Crippen molar-refractivity contribution < 1.29 is 17.7 Å². The molecular formula is C19H25N3O4S2. The van der Waals surface area contributed by atoms with Gasteiger partial charge in [-0.1, -0.05) is 31.3 Å². The van der Waals surface area contributed by atoms with Gasteiger partial charge in [-0.15, -0.1) is 11.3 Å². The largest absolute Gasteiger partial charge is 0.354 e. The fourth-order valence-corrected chi connectivity index (χ4v) is 5.66. The van der Waals surface area contributed by atoms with Gasteiger partial charge >= 0.3 is 0 Å². The Morgan fingerprint density at radius 3 is 2.75 bits per heavy atom. The number of rotatable bonds is 7. The molecule has 1 aliphatic carbocycles. The molecule has 9 heteroatoms. The van der Waals surface area contributed by atoms with Crippen molar-refractivity contribution in [3.63, 3.8) is 0 Å². The molecule has 28 heavy (non-hydrogen) atoms. The predicted octanol–water partition coefficient (Wildman–Crippen LogP) is 4.17. The van der Waals surface area contributed by atoms with Crippen molar-refractivity contribution in [2.24, 2.45) is 0 Å². The summed E-state index contributed by atoms with van der Waals surface area (Å²) in [5, 5.41) is 6.65. The van der Waals surface area contributed by atoms with E-state index in [1.165, 1.54) is 17.8 Å². The number of amides is 1. The van der Waals surface area contributed by atoms with Crippen molar-refractivity contribution in [2.75, 3.05) is 5.32 Å². The molecule has 2 aromatic rings. The van der Waals surface area contributed by atoms with E-state index in [0.29, 0.717) is 27.8 Å². The molecule has 0 aromatic carbocycles. The number of hydrogen-bond donors (Lipinski definition) is 2.